The van der Waals surface area contributed by atoms with Crippen molar-refractivity contribution in [3.8, 4) is 11.5 Å². The number of hydrogen-bond acceptors (Lipinski definition) is 4. The number of phenolic OH excluding ortho intramolecular Hbond substituents is 1. The maximum Gasteiger partial charge on any atom is 0.126 e. The first-order valence-corrected chi connectivity index (χ1v) is 10.1. The molecule has 0 spiro atoms. The van der Waals surface area contributed by atoms with Crippen molar-refractivity contribution in [2.45, 2.75) is 25.6 Å². The van der Waals surface area contributed by atoms with Crippen LogP contribution in [0.2, 0.25) is 5.02 Å². The summed E-state index contributed by atoms with van der Waals surface area (Å²) in [5, 5.41) is 14.6. The Morgan fingerprint density at radius 1 is 1.03 bits per heavy atom. The Morgan fingerprint density at radius 3 is 2.45 bits per heavy atom. The highest BCUT2D eigenvalue weighted by atomic mass is 35.5. The fourth-order valence-corrected chi connectivity index (χ4v) is 3.72. The molecule has 4 nitrogen and oxygen atoms in total. The minimum atomic E-state index is -0.229. The summed E-state index contributed by atoms with van der Waals surface area (Å²) in [7, 11) is 0. The maximum absolute atomic E-state index is 10.4. The Hall–Kier alpha value is -2.82. The Kier molecular flexibility index (Phi) is 5.84. The van der Waals surface area contributed by atoms with Crippen LogP contribution in [0.15, 0.2) is 77.8 Å². The molecule has 2 N–H and O–H groups in total. The van der Waals surface area contributed by atoms with E-state index >= 15 is 0 Å². The predicted octanol–water partition coefficient (Wildman–Crippen LogP) is 5.67. The molecule has 4 rings (SSSR count). The number of hydrogen-bond donors (Lipinski definition) is 2. The number of halogens is 1. The maximum atomic E-state index is 10.4. The van der Waals surface area contributed by atoms with Crippen molar-refractivity contribution >= 4 is 17.3 Å². The summed E-state index contributed by atoms with van der Waals surface area (Å²) in [6, 6.07) is 23.1. The highest BCUT2D eigenvalue weighted by Gasteiger charge is 2.27. The van der Waals surface area contributed by atoms with Gasteiger partial charge in [-0.15, -0.1) is 0 Å². The highest BCUT2D eigenvalue weighted by Crippen LogP contribution is 2.34. The fourth-order valence-electron chi connectivity index (χ4n) is 3.59. The molecule has 0 aliphatic carbocycles. The molecule has 3 aromatic carbocycles. The van der Waals surface area contributed by atoms with Crippen LogP contribution in [0, 0.1) is 0 Å². The number of para-hydroxylation sites is 1. The van der Waals surface area contributed by atoms with Crippen molar-refractivity contribution in [3.05, 3.63) is 94.5 Å². The standard InChI is InChI=1S/C24H23ClN2O2/c1-2-29-19-13-9-16(10-14-19)21-15-22(20-5-3-4-6-23(20)28)27-24(26-21)17-7-11-18(25)12-8-17/h3-14,22,24,27-28H,2,15H2,1H3/t22-,24+/m1/s1. The molecule has 0 fully saturated rings. The molecule has 1 aliphatic heterocycles. The van der Waals surface area contributed by atoms with E-state index in [2.05, 4.69) is 5.32 Å². The van der Waals surface area contributed by atoms with Crippen LogP contribution in [0.3, 0.4) is 0 Å². The molecule has 0 saturated heterocycles. The summed E-state index contributed by atoms with van der Waals surface area (Å²) >= 11 is 6.06. The number of aromatic hydroxyl groups is 1. The molecule has 2 atom stereocenters. The number of phenols is 1. The van der Waals surface area contributed by atoms with Gasteiger partial charge in [-0.05, 0) is 60.5 Å². The van der Waals surface area contributed by atoms with Gasteiger partial charge in [0.25, 0.3) is 0 Å². The van der Waals surface area contributed by atoms with Gasteiger partial charge in [-0.1, -0.05) is 41.9 Å². The number of nitrogens with one attached hydrogen (secondary N) is 1. The lowest BCUT2D eigenvalue weighted by Crippen LogP contribution is -2.33. The van der Waals surface area contributed by atoms with Crippen LogP contribution in [0.5, 0.6) is 11.5 Å². The van der Waals surface area contributed by atoms with E-state index in [0.29, 0.717) is 18.1 Å². The number of aliphatic imine (C=N–C) groups is 1. The lowest BCUT2D eigenvalue weighted by molar-refractivity contribution is 0.340. The lowest BCUT2D eigenvalue weighted by atomic mass is 9.93. The van der Waals surface area contributed by atoms with Crippen LogP contribution in [0.4, 0.5) is 0 Å². The van der Waals surface area contributed by atoms with Gasteiger partial charge >= 0.3 is 0 Å². The van der Waals surface area contributed by atoms with Gasteiger partial charge in [-0.25, -0.2) is 0 Å². The Bertz CT molecular complexity index is 1000. The van der Waals surface area contributed by atoms with Crippen molar-refractivity contribution in [3.63, 3.8) is 0 Å². The smallest absolute Gasteiger partial charge is 0.126 e. The van der Waals surface area contributed by atoms with Gasteiger partial charge in [0.05, 0.1) is 6.61 Å². The summed E-state index contributed by atoms with van der Waals surface area (Å²) in [5.41, 5.74) is 3.93. The molecule has 148 valence electrons. The second kappa shape index (κ2) is 8.68. The van der Waals surface area contributed by atoms with Gasteiger partial charge < -0.3 is 9.84 Å². The first-order valence-electron chi connectivity index (χ1n) is 9.73. The largest absolute Gasteiger partial charge is 0.508 e. The van der Waals surface area contributed by atoms with Gasteiger partial charge in [-0.3, -0.25) is 10.3 Å². The molecular weight excluding hydrogens is 384 g/mol. The topological polar surface area (TPSA) is 53.8 Å². The third-order valence-corrected chi connectivity index (χ3v) is 5.29. The summed E-state index contributed by atoms with van der Waals surface area (Å²) in [6.07, 6.45) is 0.447. The molecular formula is C24H23ClN2O2. The molecule has 0 unspecified atom stereocenters. The van der Waals surface area contributed by atoms with E-state index in [9.17, 15) is 5.11 Å². The van der Waals surface area contributed by atoms with Crippen molar-refractivity contribution < 1.29 is 9.84 Å². The minimum absolute atomic E-state index is 0.0593. The van der Waals surface area contributed by atoms with Gasteiger partial charge in [0, 0.05) is 28.8 Å². The van der Waals surface area contributed by atoms with Crippen molar-refractivity contribution in [1.82, 2.24) is 5.32 Å². The SMILES string of the molecule is CCOc1ccc(C2=N[C@H](c3ccc(Cl)cc3)N[C@@H](c3ccccc3O)C2)cc1. The first kappa shape index (κ1) is 19.5. The fraction of sp³-hybridized carbons (Fsp3) is 0.208. The van der Waals surface area contributed by atoms with Crippen LogP contribution in [-0.2, 0) is 0 Å². The number of nitrogens with zero attached hydrogens (tertiary/aromatic N) is 1. The predicted molar refractivity (Wildman–Crippen MR) is 117 cm³/mol. The lowest BCUT2D eigenvalue weighted by Gasteiger charge is -2.31. The highest BCUT2D eigenvalue weighted by molar-refractivity contribution is 6.30. The Morgan fingerprint density at radius 2 is 1.76 bits per heavy atom. The number of benzene rings is 3. The van der Waals surface area contributed by atoms with Gasteiger partial charge in [0.1, 0.15) is 17.7 Å². The third kappa shape index (κ3) is 4.44. The molecule has 0 amide bonds. The van der Waals surface area contributed by atoms with Crippen LogP contribution < -0.4 is 10.1 Å². The second-order valence-corrected chi connectivity index (χ2v) is 7.41. The molecule has 1 aliphatic rings. The monoisotopic (exact) mass is 406 g/mol. The van der Waals surface area contributed by atoms with Crippen LogP contribution in [-0.4, -0.2) is 17.4 Å². The zero-order chi connectivity index (χ0) is 20.2. The minimum Gasteiger partial charge on any atom is -0.508 e. The van der Waals surface area contributed by atoms with Crippen LogP contribution >= 0.6 is 11.6 Å². The second-order valence-electron chi connectivity index (χ2n) is 6.97. The van der Waals surface area contributed by atoms with Gasteiger partial charge in [0.15, 0.2) is 0 Å². The molecule has 0 saturated carbocycles. The number of rotatable bonds is 5. The van der Waals surface area contributed by atoms with E-state index in [1.807, 2.05) is 73.7 Å². The van der Waals surface area contributed by atoms with Crippen LogP contribution in [0.1, 0.15) is 42.2 Å². The van der Waals surface area contributed by atoms with E-state index in [1.165, 1.54) is 0 Å². The molecule has 29 heavy (non-hydrogen) atoms. The Balaban J connectivity index is 1.71. The summed E-state index contributed by atoms with van der Waals surface area (Å²) in [4.78, 5) is 4.97. The normalized spacial score (nSPS) is 18.9. The van der Waals surface area contributed by atoms with Gasteiger partial charge in [0.2, 0.25) is 0 Å². The van der Waals surface area contributed by atoms with E-state index in [-0.39, 0.29) is 18.0 Å². The van der Waals surface area contributed by atoms with E-state index in [1.54, 1.807) is 6.07 Å². The zero-order valence-corrected chi connectivity index (χ0v) is 16.9. The first-order chi connectivity index (χ1) is 14.1. The van der Waals surface area contributed by atoms with Crippen LogP contribution in [0.25, 0.3) is 0 Å². The van der Waals surface area contributed by atoms with E-state index < -0.39 is 0 Å². The van der Waals surface area contributed by atoms with Gasteiger partial charge in [-0.2, -0.15) is 0 Å². The average molecular weight is 407 g/mol. The van der Waals surface area contributed by atoms with E-state index in [0.717, 1.165) is 28.2 Å². The molecule has 0 radical (unpaired) electrons. The summed E-state index contributed by atoms with van der Waals surface area (Å²) in [6.45, 7) is 2.61. The molecule has 3 aromatic rings. The molecule has 0 bridgehead atoms. The molecule has 0 aromatic heterocycles. The molecule has 1 heterocycles. The quantitative estimate of drug-likeness (QED) is 0.574. The Labute approximate surface area is 175 Å². The molecule has 5 heteroatoms. The van der Waals surface area contributed by atoms with Crippen molar-refractivity contribution in [2.75, 3.05) is 6.61 Å². The zero-order valence-electron chi connectivity index (χ0n) is 16.2. The number of ether oxygens (including phenoxy) is 1. The van der Waals surface area contributed by atoms with E-state index in [4.69, 9.17) is 21.3 Å². The summed E-state index contributed by atoms with van der Waals surface area (Å²) < 4.78 is 5.56. The average Bonchev–Trinajstić information content (AvgIpc) is 2.75. The third-order valence-electron chi connectivity index (χ3n) is 5.04. The van der Waals surface area contributed by atoms with Crippen molar-refractivity contribution in [1.29, 1.82) is 0 Å². The van der Waals surface area contributed by atoms with Crippen molar-refractivity contribution in [2.24, 2.45) is 4.99 Å². The summed E-state index contributed by atoms with van der Waals surface area (Å²) in [5.74, 6) is 1.13.